The van der Waals surface area contributed by atoms with Crippen LogP contribution in [0, 0.1) is 6.92 Å². The molecule has 1 aromatic carbocycles. The van der Waals surface area contributed by atoms with E-state index in [1.807, 2.05) is 0 Å². The molecule has 0 fully saturated rings. The highest BCUT2D eigenvalue weighted by molar-refractivity contribution is 7.99. The maximum atomic E-state index is 12.4. The summed E-state index contributed by atoms with van der Waals surface area (Å²) in [7, 11) is -3.50. The molecule has 8 nitrogen and oxygen atoms in total. The van der Waals surface area contributed by atoms with Crippen molar-refractivity contribution in [3.05, 3.63) is 36.0 Å². The van der Waals surface area contributed by atoms with Crippen molar-refractivity contribution in [2.24, 2.45) is 0 Å². The molecule has 0 aliphatic heterocycles. The van der Waals surface area contributed by atoms with Crippen LogP contribution < -0.4 is 5.32 Å². The summed E-state index contributed by atoms with van der Waals surface area (Å²) in [6, 6.07) is 6.17. The molecule has 0 saturated carbocycles. The molecule has 0 atom stereocenters. The first-order valence-electron chi connectivity index (χ1n) is 8.13. The van der Waals surface area contributed by atoms with Gasteiger partial charge in [-0.1, -0.05) is 19.0 Å². The molecule has 0 aliphatic carbocycles. The van der Waals surface area contributed by atoms with Crippen LogP contribution in [0.5, 0.6) is 0 Å². The average molecular weight is 399 g/mol. The lowest BCUT2D eigenvalue weighted by Gasteiger charge is -2.18. The van der Waals surface area contributed by atoms with Gasteiger partial charge >= 0.3 is 0 Å². The third-order valence-electron chi connectivity index (χ3n) is 3.52. The monoisotopic (exact) mass is 398 g/mol. The first-order valence-corrected chi connectivity index (χ1v) is 10.7. The smallest absolute Gasteiger partial charge is 0.243 e. The largest absolute Gasteiger partial charge is 0.340 e. The van der Waals surface area contributed by atoms with Crippen molar-refractivity contribution in [1.29, 1.82) is 0 Å². The van der Waals surface area contributed by atoms with E-state index in [0.717, 1.165) is 0 Å². The lowest BCUT2D eigenvalue weighted by Crippen LogP contribution is -2.30. The van der Waals surface area contributed by atoms with Crippen molar-refractivity contribution in [3.63, 3.8) is 0 Å². The molecule has 0 unspecified atom stereocenters. The quantitative estimate of drug-likeness (QED) is 0.691. The maximum absolute atomic E-state index is 12.4. The zero-order valence-electron chi connectivity index (χ0n) is 14.9. The lowest BCUT2D eigenvalue weighted by atomic mass is 10.3. The highest BCUT2D eigenvalue weighted by atomic mass is 32.2. The van der Waals surface area contributed by atoms with Gasteiger partial charge in [0.1, 0.15) is 0 Å². The number of rotatable bonds is 9. The third kappa shape index (κ3) is 5.29. The molecule has 142 valence electrons. The van der Waals surface area contributed by atoms with E-state index in [1.54, 1.807) is 32.9 Å². The minimum Gasteiger partial charge on any atom is -0.340 e. The molecule has 0 aliphatic rings. The van der Waals surface area contributed by atoms with Crippen LogP contribution >= 0.6 is 11.8 Å². The SMILES string of the molecule is CCN(CC)S(=O)(=O)c1ccc(NC(=O)CSCc2noc(C)n2)cc1. The number of aromatic nitrogens is 2. The van der Waals surface area contributed by atoms with Gasteiger partial charge < -0.3 is 9.84 Å². The van der Waals surface area contributed by atoms with E-state index >= 15 is 0 Å². The Balaban J connectivity index is 1.89. The predicted molar refractivity (Wildman–Crippen MR) is 100 cm³/mol. The van der Waals surface area contributed by atoms with Gasteiger partial charge in [0.05, 0.1) is 16.4 Å². The molecule has 0 bridgehead atoms. The summed E-state index contributed by atoms with van der Waals surface area (Å²) in [5.41, 5.74) is 0.546. The first-order chi connectivity index (χ1) is 12.4. The Bertz CT molecular complexity index is 830. The summed E-state index contributed by atoms with van der Waals surface area (Å²) in [6.07, 6.45) is 0. The number of hydrogen-bond donors (Lipinski definition) is 1. The molecule has 0 spiro atoms. The number of nitrogens with zero attached hydrogens (tertiary/aromatic N) is 3. The van der Waals surface area contributed by atoms with Crippen molar-refractivity contribution in [2.45, 2.75) is 31.4 Å². The van der Waals surface area contributed by atoms with Crippen LogP contribution in [0.3, 0.4) is 0 Å². The fourth-order valence-corrected chi connectivity index (χ4v) is 4.37. The summed E-state index contributed by atoms with van der Waals surface area (Å²) >= 11 is 1.36. The number of carbonyl (C=O) groups is 1. The number of amides is 1. The molecule has 26 heavy (non-hydrogen) atoms. The zero-order valence-corrected chi connectivity index (χ0v) is 16.6. The second-order valence-corrected chi connectivity index (χ2v) is 8.31. The number of hydrogen-bond acceptors (Lipinski definition) is 7. The van der Waals surface area contributed by atoms with Gasteiger partial charge in [0.25, 0.3) is 0 Å². The summed E-state index contributed by atoms with van der Waals surface area (Å²) < 4.78 is 31.1. The highest BCUT2D eigenvalue weighted by Gasteiger charge is 2.21. The van der Waals surface area contributed by atoms with Crippen molar-refractivity contribution in [1.82, 2.24) is 14.4 Å². The molecule has 1 heterocycles. The van der Waals surface area contributed by atoms with Crippen molar-refractivity contribution in [3.8, 4) is 0 Å². The van der Waals surface area contributed by atoms with Crippen LogP contribution in [0.1, 0.15) is 25.6 Å². The number of carbonyl (C=O) groups excluding carboxylic acids is 1. The van der Waals surface area contributed by atoms with E-state index in [1.165, 1.54) is 28.2 Å². The van der Waals surface area contributed by atoms with Crippen LogP contribution in [-0.2, 0) is 20.6 Å². The number of sulfonamides is 1. The second kappa shape index (κ2) is 9.15. The van der Waals surface area contributed by atoms with Crippen molar-refractivity contribution in [2.75, 3.05) is 24.2 Å². The van der Waals surface area contributed by atoms with Gasteiger partial charge in [-0.3, -0.25) is 4.79 Å². The minimum atomic E-state index is -3.50. The van der Waals surface area contributed by atoms with E-state index in [0.29, 0.717) is 36.2 Å². The van der Waals surface area contributed by atoms with Crippen LogP contribution in [-0.4, -0.2) is 47.6 Å². The lowest BCUT2D eigenvalue weighted by molar-refractivity contribution is -0.113. The van der Waals surface area contributed by atoms with E-state index in [2.05, 4.69) is 15.5 Å². The van der Waals surface area contributed by atoms with Gasteiger partial charge in [0.2, 0.25) is 21.8 Å². The summed E-state index contributed by atoms with van der Waals surface area (Å²) in [5.74, 6) is 1.56. The summed E-state index contributed by atoms with van der Waals surface area (Å²) in [5, 5.41) is 6.49. The summed E-state index contributed by atoms with van der Waals surface area (Å²) in [4.78, 5) is 16.2. The number of thioether (sulfide) groups is 1. The topological polar surface area (TPSA) is 105 Å². The number of benzene rings is 1. The Morgan fingerprint density at radius 3 is 2.42 bits per heavy atom. The van der Waals surface area contributed by atoms with Gasteiger partial charge in [-0.25, -0.2) is 8.42 Å². The van der Waals surface area contributed by atoms with Crippen LogP contribution in [0.25, 0.3) is 0 Å². The standard InChI is InChI=1S/C16H22N4O4S2/c1-4-20(5-2)26(22,23)14-8-6-13(7-9-14)18-16(21)11-25-10-15-17-12(3)24-19-15/h6-9H,4-5,10-11H2,1-3H3,(H,18,21). The Kier molecular flexibility index (Phi) is 7.18. The predicted octanol–water partition coefficient (Wildman–Crippen LogP) is 2.28. The molecule has 2 aromatic rings. The molecular formula is C16H22N4O4S2. The number of anilines is 1. The molecule has 10 heteroatoms. The van der Waals surface area contributed by atoms with Gasteiger partial charge in [-0.05, 0) is 24.3 Å². The average Bonchev–Trinajstić information content (AvgIpc) is 3.01. The molecule has 0 radical (unpaired) electrons. The first kappa shape index (κ1) is 20.4. The second-order valence-electron chi connectivity index (χ2n) is 5.38. The molecule has 1 amide bonds. The number of aryl methyl sites for hydroxylation is 1. The van der Waals surface area contributed by atoms with Crippen LogP contribution in [0.2, 0.25) is 0 Å². The van der Waals surface area contributed by atoms with Gasteiger partial charge in [0, 0.05) is 25.7 Å². The Morgan fingerprint density at radius 1 is 1.23 bits per heavy atom. The Hall–Kier alpha value is -1.91. The third-order valence-corrected chi connectivity index (χ3v) is 6.51. The van der Waals surface area contributed by atoms with E-state index in [4.69, 9.17) is 4.52 Å². The Labute approximate surface area is 157 Å². The molecular weight excluding hydrogens is 376 g/mol. The number of nitrogens with one attached hydrogen (secondary N) is 1. The van der Waals surface area contributed by atoms with E-state index in [9.17, 15) is 13.2 Å². The molecule has 1 N–H and O–H groups in total. The van der Waals surface area contributed by atoms with Crippen LogP contribution in [0.15, 0.2) is 33.7 Å². The van der Waals surface area contributed by atoms with Crippen molar-refractivity contribution < 1.29 is 17.7 Å². The van der Waals surface area contributed by atoms with Gasteiger partial charge in [-0.2, -0.15) is 9.29 Å². The maximum Gasteiger partial charge on any atom is 0.243 e. The highest BCUT2D eigenvalue weighted by Crippen LogP contribution is 2.18. The van der Waals surface area contributed by atoms with Gasteiger partial charge in [0.15, 0.2) is 5.82 Å². The van der Waals surface area contributed by atoms with Crippen LogP contribution in [0.4, 0.5) is 5.69 Å². The van der Waals surface area contributed by atoms with E-state index < -0.39 is 10.0 Å². The minimum absolute atomic E-state index is 0.186. The van der Waals surface area contributed by atoms with Crippen molar-refractivity contribution >= 4 is 33.4 Å². The Morgan fingerprint density at radius 2 is 1.88 bits per heavy atom. The molecule has 0 saturated heterocycles. The normalized spacial score (nSPS) is 11.7. The fourth-order valence-electron chi connectivity index (χ4n) is 2.25. The zero-order chi connectivity index (χ0) is 19.2. The fraction of sp³-hybridized carbons (Fsp3) is 0.438. The molecule has 2 rings (SSSR count). The summed E-state index contributed by atoms with van der Waals surface area (Å²) in [6.45, 7) is 6.12. The molecule has 1 aromatic heterocycles. The van der Waals surface area contributed by atoms with E-state index in [-0.39, 0.29) is 16.6 Å². The van der Waals surface area contributed by atoms with Gasteiger partial charge in [-0.15, -0.1) is 11.8 Å².